The molecule has 0 saturated heterocycles. The van der Waals surface area contributed by atoms with Crippen molar-refractivity contribution in [3.63, 3.8) is 0 Å². The predicted octanol–water partition coefficient (Wildman–Crippen LogP) is 3.48. The fraction of sp³-hybridized carbons (Fsp3) is 0.611. The second kappa shape index (κ2) is 4.84. The van der Waals surface area contributed by atoms with E-state index in [0.29, 0.717) is 11.5 Å². The van der Waals surface area contributed by atoms with Crippen LogP contribution in [0.2, 0.25) is 0 Å². The van der Waals surface area contributed by atoms with Gasteiger partial charge in [0, 0.05) is 10.8 Å². The maximum Gasteiger partial charge on any atom is 0.339 e. The molecule has 2 aliphatic carbocycles. The molecule has 3 heteroatoms. The molecule has 0 aliphatic heterocycles. The number of fused-ring (bicyclic) bond motifs is 2. The Bertz CT molecular complexity index is 532. The van der Waals surface area contributed by atoms with Crippen molar-refractivity contribution in [2.45, 2.75) is 52.2 Å². The molecule has 4 atom stereocenters. The van der Waals surface area contributed by atoms with Gasteiger partial charge in [-0.3, -0.25) is 0 Å². The van der Waals surface area contributed by atoms with Crippen molar-refractivity contribution < 1.29 is 14.6 Å². The van der Waals surface area contributed by atoms with Crippen LogP contribution in [0.4, 0.5) is 0 Å². The molecule has 0 aromatic heterocycles. The second-order valence-corrected chi connectivity index (χ2v) is 7.55. The minimum Gasteiger partial charge on any atom is -0.459 e. The summed E-state index contributed by atoms with van der Waals surface area (Å²) < 4.78 is 5.79. The molecule has 3 nitrogen and oxygen atoms in total. The summed E-state index contributed by atoms with van der Waals surface area (Å²) in [6, 6.07) is 8.99. The van der Waals surface area contributed by atoms with Crippen molar-refractivity contribution in [2.24, 2.45) is 16.7 Å². The summed E-state index contributed by atoms with van der Waals surface area (Å²) in [5.41, 5.74) is 0.660. The molecule has 2 saturated carbocycles. The van der Waals surface area contributed by atoms with Gasteiger partial charge in [0.1, 0.15) is 6.10 Å². The molecule has 2 aliphatic rings. The Morgan fingerprint density at radius 1 is 1.29 bits per heavy atom. The lowest BCUT2D eigenvalue weighted by Crippen LogP contribution is -2.44. The molecular weight excluding hydrogens is 264 g/mol. The highest BCUT2D eigenvalue weighted by atomic mass is 16.6. The number of benzene rings is 1. The third-order valence-electron chi connectivity index (χ3n) is 5.71. The quantitative estimate of drug-likeness (QED) is 0.866. The first-order valence-corrected chi connectivity index (χ1v) is 7.78. The van der Waals surface area contributed by atoms with Gasteiger partial charge in [-0.15, -0.1) is 0 Å². The van der Waals surface area contributed by atoms with E-state index in [1.807, 2.05) is 18.2 Å². The van der Waals surface area contributed by atoms with Gasteiger partial charge in [-0.1, -0.05) is 51.1 Å². The van der Waals surface area contributed by atoms with Crippen LogP contribution in [-0.2, 0) is 9.53 Å². The second-order valence-electron chi connectivity index (χ2n) is 7.55. The normalized spacial score (nSPS) is 34.7. The molecule has 0 spiro atoms. The Labute approximate surface area is 126 Å². The topological polar surface area (TPSA) is 46.5 Å². The van der Waals surface area contributed by atoms with Crippen LogP contribution in [0.5, 0.6) is 0 Å². The summed E-state index contributed by atoms with van der Waals surface area (Å²) in [6.45, 7) is 6.60. The van der Waals surface area contributed by atoms with Gasteiger partial charge >= 0.3 is 5.97 Å². The Morgan fingerprint density at radius 3 is 2.52 bits per heavy atom. The van der Waals surface area contributed by atoms with Crippen LogP contribution in [0.3, 0.4) is 0 Å². The molecule has 0 radical (unpaired) electrons. The summed E-state index contributed by atoms with van der Waals surface area (Å²) in [4.78, 5) is 12.3. The lowest BCUT2D eigenvalue weighted by Gasteiger charge is -2.42. The average Bonchev–Trinajstić information content (AvgIpc) is 2.94. The lowest BCUT2D eigenvalue weighted by atomic mass is 9.70. The molecule has 0 heterocycles. The summed E-state index contributed by atoms with van der Waals surface area (Å²) in [6.07, 6.45) is 2.16. The maximum atomic E-state index is 12.3. The van der Waals surface area contributed by atoms with Gasteiger partial charge in [-0.2, -0.15) is 0 Å². The van der Waals surface area contributed by atoms with E-state index in [2.05, 4.69) is 20.8 Å². The first-order chi connectivity index (χ1) is 9.84. The molecule has 1 aromatic carbocycles. The van der Waals surface area contributed by atoms with Crippen molar-refractivity contribution in [1.82, 2.24) is 0 Å². The minimum absolute atomic E-state index is 0.000925. The Hall–Kier alpha value is -1.35. The van der Waals surface area contributed by atoms with E-state index >= 15 is 0 Å². The molecule has 0 amide bonds. The van der Waals surface area contributed by atoms with Crippen LogP contribution in [-0.4, -0.2) is 17.2 Å². The molecular formula is C18H24O3. The van der Waals surface area contributed by atoms with Crippen LogP contribution in [0, 0.1) is 16.7 Å². The zero-order valence-electron chi connectivity index (χ0n) is 13.0. The van der Waals surface area contributed by atoms with Crippen molar-refractivity contribution >= 4 is 5.97 Å². The van der Waals surface area contributed by atoms with Crippen LogP contribution in [0.25, 0.3) is 0 Å². The van der Waals surface area contributed by atoms with E-state index in [-0.39, 0.29) is 16.9 Å². The number of carbonyl (C=O) groups is 1. The van der Waals surface area contributed by atoms with E-state index in [1.165, 1.54) is 6.42 Å². The van der Waals surface area contributed by atoms with E-state index in [0.717, 1.165) is 12.8 Å². The molecule has 21 heavy (non-hydrogen) atoms. The smallest absolute Gasteiger partial charge is 0.339 e. The number of hydrogen-bond donors (Lipinski definition) is 1. The Kier molecular flexibility index (Phi) is 3.36. The summed E-state index contributed by atoms with van der Waals surface area (Å²) in [5.74, 6) is 0.0993. The van der Waals surface area contributed by atoms with Gasteiger partial charge in [0.05, 0.1) is 0 Å². The number of rotatable bonds is 3. The first-order valence-electron chi connectivity index (χ1n) is 7.78. The highest BCUT2D eigenvalue weighted by Gasteiger charge is 2.61. The van der Waals surface area contributed by atoms with Crippen molar-refractivity contribution in [3.8, 4) is 0 Å². The number of aliphatic hydroxyl groups is 1. The van der Waals surface area contributed by atoms with Gasteiger partial charge in [0.2, 0.25) is 0 Å². The monoisotopic (exact) mass is 288 g/mol. The summed E-state index contributed by atoms with van der Waals surface area (Å²) in [7, 11) is 0. The molecule has 1 N–H and O–H groups in total. The van der Waals surface area contributed by atoms with Crippen LogP contribution >= 0.6 is 0 Å². The molecule has 114 valence electrons. The van der Waals surface area contributed by atoms with E-state index in [9.17, 15) is 9.90 Å². The molecule has 3 rings (SSSR count). The molecule has 1 aromatic rings. The maximum absolute atomic E-state index is 12.3. The third kappa shape index (κ3) is 2.28. The van der Waals surface area contributed by atoms with Crippen LogP contribution in [0.15, 0.2) is 30.3 Å². The number of aliphatic hydroxyl groups excluding tert-OH is 1. The van der Waals surface area contributed by atoms with Crippen molar-refractivity contribution in [3.05, 3.63) is 35.9 Å². The van der Waals surface area contributed by atoms with Gasteiger partial charge in [-0.25, -0.2) is 4.79 Å². The molecule has 2 unspecified atom stereocenters. The van der Waals surface area contributed by atoms with E-state index in [1.54, 1.807) is 12.1 Å². The fourth-order valence-corrected chi connectivity index (χ4v) is 4.50. The standard InChI is InChI=1S/C18H24O3/c1-17(2)13-9-10-18(3,11-13)16(17)21-15(20)14(19)12-7-5-4-6-8-12/h4-8,13-14,16,19H,9-11H2,1-3H3/t13?,14-,16?,18-/m1/s1. The fourth-order valence-electron chi connectivity index (χ4n) is 4.50. The highest BCUT2D eigenvalue weighted by Crippen LogP contribution is 2.63. The summed E-state index contributed by atoms with van der Waals surface area (Å²) >= 11 is 0. The zero-order valence-corrected chi connectivity index (χ0v) is 13.0. The van der Waals surface area contributed by atoms with E-state index < -0.39 is 12.1 Å². The minimum atomic E-state index is -1.19. The molecule has 2 bridgehead atoms. The Balaban J connectivity index is 1.76. The largest absolute Gasteiger partial charge is 0.459 e. The van der Waals surface area contributed by atoms with Gasteiger partial charge in [0.15, 0.2) is 6.10 Å². The lowest BCUT2D eigenvalue weighted by molar-refractivity contribution is -0.174. The summed E-state index contributed by atoms with van der Waals surface area (Å²) in [5, 5.41) is 10.2. The average molecular weight is 288 g/mol. The molecule has 2 fully saturated rings. The van der Waals surface area contributed by atoms with Crippen LogP contribution in [0.1, 0.15) is 51.7 Å². The van der Waals surface area contributed by atoms with Crippen molar-refractivity contribution in [1.29, 1.82) is 0 Å². The zero-order chi connectivity index (χ0) is 15.3. The number of hydrogen-bond acceptors (Lipinski definition) is 3. The third-order valence-corrected chi connectivity index (χ3v) is 5.71. The number of esters is 1. The van der Waals surface area contributed by atoms with Gasteiger partial charge in [-0.05, 0) is 30.7 Å². The predicted molar refractivity (Wildman–Crippen MR) is 80.5 cm³/mol. The van der Waals surface area contributed by atoms with Gasteiger partial charge < -0.3 is 9.84 Å². The van der Waals surface area contributed by atoms with Gasteiger partial charge in [0.25, 0.3) is 0 Å². The number of carbonyl (C=O) groups excluding carboxylic acids is 1. The van der Waals surface area contributed by atoms with E-state index in [4.69, 9.17) is 4.74 Å². The van der Waals surface area contributed by atoms with Crippen molar-refractivity contribution in [2.75, 3.05) is 0 Å². The highest BCUT2D eigenvalue weighted by molar-refractivity contribution is 5.76. The van der Waals surface area contributed by atoms with Crippen LogP contribution < -0.4 is 0 Å². The SMILES string of the molecule is CC1(C)C2CC[C@](C)(C2)C1OC(=O)[C@H](O)c1ccccc1. The first kappa shape index (κ1) is 14.6. The number of ether oxygens (including phenoxy) is 1. The Morgan fingerprint density at radius 2 is 1.95 bits per heavy atom.